The summed E-state index contributed by atoms with van der Waals surface area (Å²) < 4.78 is 0. The molecule has 0 bridgehead atoms. The minimum atomic E-state index is -0.166. The number of hydrogen-bond acceptors (Lipinski definition) is 1. The van der Waals surface area contributed by atoms with Crippen molar-refractivity contribution in [3.05, 3.63) is 33.8 Å². The second kappa shape index (κ2) is 5.50. The first-order valence-corrected chi connectivity index (χ1v) is 7.00. The monoisotopic (exact) mass is 285 g/mol. The van der Waals surface area contributed by atoms with Gasteiger partial charge in [-0.2, -0.15) is 0 Å². The minimum Gasteiger partial charge on any atom is -0.353 e. The second-order valence-electron chi connectivity index (χ2n) is 5.18. The lowest BCUT2D eigenvalue weighted by Gasteiger charge is -2.21. The number of rotatable bonds is 4. The molecule has 4 heteroatoms. The molecule has 18 heavy (non-hydrogen) atoms. The Bertz CT molecular complexity index is 455. The Morgan fingerprint density at radius 3 is 2.44 bits per heavy atom. The first-order chi connectivity index (χ1) is 8.49. The van der Waals surface area contributed by atoms with E-state index in [0.717, 1.165) is 18.4 Å². The predicted octanol–water partition coefficient (Wildman–Crippen LogP) is 4.01. The van der Waals surface area contributed by atoms with Crippen molar-refractivity contribution < 1.29 is 4.79 Å². The molecule has 1 fully saturated rings. The van der Waals surface area contributed by atoms with Crippen molar-refractivity contribution in [1.82, 2.24) is 5.32 Å². The minimum absolute atomic E-state index is 0.0888. The summed E-state index contributed by atoms with van der Waals surface area (Å²) in [6.07, 6.45) is 2.19. The zero-order chi connectivity index (χ0) is 13.3. The number of halogens is 2. The van der Waals surface area contributed by atoms with Crippen LogP contribution in [0, 0.1) is 5.92 Å². The molecule has 98 valence electrons. The van der Waals surface area contributed by atoms with Crippen LogP contribution in [-0.2, 0) is 4.79 Å². The van der Waals surface area contributed by atoms with Gasteiger partial charge in [-0.05, 0) is 36.5 Å². The summed E-state index contributed by atoms with van der Waals surface area (Å²) >= 11 is 11.9. The molecule has 1 aliphatic carbocycles. The van der Waals surface area contributed by atoms with Crippen LogP contribution in [-0.4, -0.2) is 11.9 Å². The molecule has 0 saturated heterocycles. The van der Waals surface area contributed by atoms with E-state index in [2.05, 4.69) is 5.32 Å². The maximum Gasteiger partial charge on any atom is 0.228 e. The van der Waals surface area contributed by atoms with Gasteiger partial charge in [0.25, 0.3) is 0 Å². The Balaban J connectivity index is 2.22. The molecule has 1 atom stereocenters. The highest BCUT2D eigenvalue weighted by Gasteiger charge is 2.30. The SMILES string of the molecule is CC(C)C(C(=O)NC1CC1)c1ccc(Cl)c(Cl)c1. The van der Waals surface area contributed by atoms with Gasteiger partial charge in [-0.1, -0.05) is 43.1 Å². The van der Waals surface area contributed by atoms with Crippen LogP contribution >= 0.6 is 23.2 Å². The Morgan fingerprint density at radius 1 is 1.28 bits per heavy atom. The van der Waals surface area contributed by atoms with Crippen LogP contribution in [0.5, 0.6) is 0 Å². The third kappa shape index (κ3) is 3.18. The highest BCUT2D eigenvalue weighted by Crippen LogP contribution is 2.31. The molecule has 1 N–H and O–H groups in total. The third-order valence-electron chi connectivity index (χ3n) is 3.18. The van der Waals surface area contributed by atoms with E-state index in [4.69, 9.17) is 23.2 Å². The van der Waals surface area contributed by atoms with E-state index >= 15 is 0 Å². The highest BCUT2D eigenvalue weighted by molar-refractivity contribution is 6.42. The summed E-state index contributed by atoms with van der Waals surface area (Å²) in [4.78, 5) is 12.2. The van der Waals surface area contributed by atoms with Crippen molar-refractivity contribution in [3.63, 3.8) is 0 Å². The Labute approximate surface area is 118 Å². The molecular formula is C14H17Cl2NO. The smallest absolute Gasteiger partial charge is 0.228 e. The molecule has 1 aromatic rings. The largest absolute Gasteiger partial charge is 0.353 e. The van der Waals surface area contributed by atoms with E-state index in [1.807, 2.05) is 19.9 Å². The Morgan fingerprint density at radius 2 is 1.94 bits per heavy atom. The Kier molecular flexibility index (Phi) is 4.18. The summed E-state index contributed by atoms with van der Waals surface area (Å²) in [5, 5.41) is 4.07. The maximum absolute atomic E-state index is 12.2. The van der Waals surface area contributed by atoms with E-state index < -0.39 is 0 Å². The number of hydrogen-bond donors (Lipinski definition) is 1. The fraction of sp³-hybridized carbons (Fsp3) is 0.500. The summed E-state index contributed by atoms with van der Waals surface area (Å²) in [6.45, 7) is 4.08. The van der Waals surface area contributed by atoms with Crippen molar-refractivity contribution in [2.75, 3.05) is 0 Å². The zero-order valence-corrected chi connectivity index (χ0v) is 12.1. The molecule has 0 heterocycles. The number of carbonyl (C=O) groups is 1. The predicted molar refractivity (Wildman–Crippen MR) is 75.2 cm³/mol. The lowest BCUT2D eigenvalue weighted by Crippen LogP contribution is -2.33. The first-order valence-electron chi connectivity index (χ1n) is 6.24. The Hall–Kier alpha value is -0.730. The molecule has 0 spiro atoms. The molecule has 0 aromatic heterocycles. The number of amides is 1. The lowest BCUT2D eigenvalue weighted by atomic mass is 9.87. The van der Waals surface area contributed by atoms with Gasteiger partial charge in [0.15, 0.2) is 0 Å². The average molecular weight is 286 g/mol. The van der Waals surface area contributed by atoms with Gasteiger partial charge in [0.1, 0.15) is 0 Å². The molecule has 1 unspecified atom stereocenters. The maximum atomic E-state index is 12.2. The molecule has 2 rings (SSSR count). The van der Waals surface area contributed by atoms with Crippen molar-refractivity contribution in [3.8, 4) is 0 Å². The van der Waals surface area contributed by atoms with E-state index in [-0.39, 0.29) is 17.7 Å². The van der Waals surface area contributed by atoms with Gasteiger partial charge >= 0.3 is 0 Å². The quantitative estimate of drug-likeness (QED) is 0.890. The van der Waals surface area contributed by atoms with Crippen LogP contribution in [0.4, 0.5) is 0 Å². The second-order valence-corrected chi connectivity index (χ2v) is 5.99. The molecule has 2 nitrogen and oxygen atoms in total. The van der Waals surface area contributed by atoms with Crippen LogP contribution in [0.1, 0.15) is 38.2 Å². The van der Waals surface area contributed by atoms with Gasteiger partial charge in [0, 0.05) is 6.04 Å². The zero-order valence-electron chi connectivity index (χ0n) is 10.5. The van der Waals surface area contributed by atoms with E-state index in [9.17, 15) is 4.79 Å². The van der Waals surface area contributed by atoms with Gasteiger partial charge in [-0.15, -0.1) is 0 Å². The van der Waals surface area contributed by atoms with Crippen LogP contribution in [0.2, 0.25) is 10.0 Å². The fourth-order valence-electron chi connectivity index (χ4n) is 2.06. The molecular weight excluding hydrogens is 269 g/mol. The molecule has 0 aliphatic heterocycles. The van der Waals surface area contributed by atoms with Crippen LogP contribution in [0.3, 0.4) is 0 Å². The van der Waals surface area contributed by atoms with Gasteiger partial charge < -0.3 is 5.32 Å². The third-order valence-corrected chi connectivity index (χ3v) is 3.91. The summed E-state index contributed by atoms with van der Waals surface area (Å²) in [5.41, 5.74) is 0.928. The van der Waals surface area contributed by atoms with E-state index in [0.29, 0.717) is 16.1 Å². The van der Waals surface area contributed by atoms with Crippen molar-refractivity contribution in [2.45, 2.75) is 38.6 Å². The van der Waals surface area contributed by atoms with Crippen molar-refractivity contribution in [1.29, 1.82) is 0 Å². The molecule has 0 radical (unpaired) electrons. The van der Waals surface area contributed by atoms with E-state index in [1.54, 1.807) is 12.1 Å². The number of carbonyl (C=O) groups excluding carboxylic acids is 1. The van der Waals surface area contributed by atoms with Gasteiger partial charge in [0.2, 0.25) is 5.91 Å². The standard InChI is InChI=1S/C14H17Cl2NO/c1-8(2)13(14(18)17-10-4-5-10)9-3-6-11(15)12(16)7-9/h3,6-8,10,13H,4-5H2,1-2H3,(H,17,18). The van der Waals surface area contributed by atoms with Crippen LogP contribution < -0.4 is 5.32 Å². The fourth-order valence-corrected chi connectivity index (χ4v) is 2.37. The number of benzene rings is 1. The highest BCUT2D eigenvalue weighted by atomic mass is 35.5. The topological polar surface area (TPSA) is 29.1 Å². The van der Waals surface area contributed by atoms with Crippen LogP contribution in [0.25, 0.3) is 0 Å². The van der Waals surface area contributed by atoms with Crippen molar-refractivity contribution in [2.24, 2.45) is 5.92 Å². The summed E-state index contributed by atoms with van der Waals surface area (Å²) in [5.74, 6) is 0.146. The normalized spacial score (nSPS) is 16.7. The molecule has 1 aliphatic rings. The van der Waals surface area contributed by atoms with Gasteiger partial charge in [0.05, 0.1) is 16.0 Å². The van der Waals surface area contributed by atoms with Crippen LogP contribution in [0.15, 0.2) is 18.2 Å². The van der Waals surface area contributed by atoms with Crippen molar-refractivity contribution >= 4 is 29.1 Å². The van der Waals surface area contributed by atoms with Gasteiger partial charge in [-0.3, -0.25) is 4.79 Å². The molecule has 1 aromatic carbocycles. The average Bonchev–Trinajstić information content (AvgIpc) is 3.07. The van der Waals surface area contributed by atoms with E-state index in [1.165, 1.54) is 0 Å². The first kappa shape index (κ1) is 13.7. The number of nitrogens with one attached hydrogen (secondary N) is 1. The molecule has 1 saturated carbocycles. The summed E-state index contributed by atoms with van der Waals surface area (Å²) in [6, 6.07) is 5.80. The van der Waals surface area contributed by atoms with Gasteiger partial charge in [-0.25, -0.2) is 0 Å². The lowest BCUT2D eigenvalue weighted by molar-refractivity contribution is -0.123. The summed E-state index contributed by atoms with van der Waals surface area (Å²) in [7, 11) is 0. The molecule has 1 amide bonds.